The van der Waals surface area contributed by atoms with E-state index in [-0.39, 0.29) is 11.9 Å². The van der Waals surface area contributed by atoms with Gasteiger partial charge in [0.25, 0.3) is 5.91 Å². The number of nitrogens with zero attached hydrogens (tertiary/aromatic N) is 1. The van der Waals surface area contributed by atoms with Crippen molar-refractivity contribution in [3.8, 4) is 0 Å². The summed E-state index contributed by atoms with van der Waals surface area (Å²) in [6.45, 7) is 3.27. The van der Waals surface area contributed by atoms with Crippen LogP contribution in [0.25, 0.3) is 0 Å². The Hall–Kier alpha value is -1.07. The van der Waals surface area contributed by atoms with Gasteiger partial charge in [0.05, 0.1) is 16.6 Å². The van der Waals surface area contributed by atoms with Crippen LogP contribution in [0.3, 0.4) is 0 Å². The molecule has 0 aromatic heterocycles. The standard InChI is InChI=1S/C15H21BrN2O2/c1-10(11-6-7-11)18(8-9-20-2)15(19)12-4-3-5-13(17)14(12)16/h3-5,10-11H,6-9,17H2,1-2H3. The van der Waals surface area contributed by atoms with Gasteiger partial charge in [-0.3, -0.25) is 4.79 Å². The molecule has 1 aliphatic rings. The minimum absolute atomic E-state index is 0.0145. The number of nitrogen functional groups attached to an aromatic ring is 1. The lowest BCUT2D eigenvalue weighted by Gasteiger charge is -2.29. The van der Waals surface area contributed by atoms with Crippen molar-refractivity contribution < 1.29 is 9.53 Å². The Bertz CT molecular complexity index is 489. The van der Waals surface area contributed by atoms with Crippen LogP contribution in [-0.2, 0) is 4.74 Å². The highest BCUT2D eigenvalue weighted by Crippen LogP contribution is 2.36. The van der Waals surface area contributed by atoms with Crippen LogP contribution in [0.15, 0.2) is 22.7 Å². The highest BCUT2D eigenvalue weighted by Gasteiger charge is 2.34. The van der Waals surface area contributed by atoms with Gasteiger partial charge >= 0.3 is 0 Å². The van der Waals surface area contributed by atoms with Crippen LogP contribution in [0.5, 0.6) is 0 Å². The number of carbonyl (C=O) groups is 1. The van der Waals surface area contributed by atoms with E-state index in [0.717, 1.165) is 0 Å². The van der Waals surface area contributed by atoms with E-state index in [4.69, 9.17) is 10.5 Å². The van der Waals surface area contributed by atoms with E-state index in [1.54, 1.807) is 13.2 Å². The number of anilines is 1. The van der Waals surface area contributed by atoms with Crippen molar-refractivity contribution in [2.24, 2.45) is 5.92 Å². The summed E-state index contributed by atoms with van der Waals surface area (Å²) in [6.07, 6.45) is 2.41. The number of ether oxygens (including phenoxy) is 1. The summed E-state index contributed by atoms with van der Waals surface area (Å²) in [5, 5.41) is 0. The van der Waals surface area contributed by atoms with E-state index in [1.807, 2.05) is 17.0 Å². The van der Waals surface area contributed by atoms with Crippen LogP contribution < -0.4 is 5.73 Å². The fourth-order valence-electron chi connectivity index (χ4n) is 2.38. The van der Waals surface area contributed by atoms with E-state index < -0.39 is 0 Å². The summed E-state index contributed by atoms with van der Waals surface area (Å²) in [4.78, 5) is 14.7. The molecule has 5 heteroatoms. The molecular formula is C15H21BrN2O2. The fourth-order valence-corrected chi connectivity index (χ4v) is 2.82. The molecule has 0 bridgehead atoms. The SMILES string of the molecule is COCCN(C(=O)c1cccc(N)c1Br)C(C)C1CC1. The molecular weight excluding hydrogens is 320 g/mol. The Balaban J connectivity index is 2.22. The summed E-state index contributed by atoms with van der Waals surface area (Å²) in [7, 11) is 1.65. The Kier molecular flexibility index (Phi) is 5.05. The third-order valence-electron chi connectivity index (χ3n) is 3.85. The first-order valence-corrected chi connectivity index (χ1v) is 7.69. The number of methoxy groups -OCH3 is 1. The maximum Gasteiger partial charge on any atom is 0.255 e. The van der Waals surface area contributed by atoms with Crippen LogP contribution >= 0.6 is 15.9 Å². The predicted molar refractivity (Wildman–Crippen MR) is 83.7 cm³/mol. The first kappa shape index (κ1) is 15.3. The predicted octanol–water partition coefficient (Wildman–Crippen LogP) is 2.92. The zero-order chi connectivity index (χ0) is 14.7. The summed E-state index contributed by atoms with van der Waals surface area (Å²) >= 11 is 3.42. The number of amides is 1. The molecule has 0 spiro atoms. The molecule has 20 heavy (non-hydrogen) atoms. The van der Waals surface area contributed by atoms with Crippen molar-refractivity contribution >= 4 is 27.5 Å². The van der Waals surface area contributed by atoms with Crippen LogP contribution in [0.1, 0.15) is 30.1 Å². The monoisotopic (exact) mass is 340 g/mol. The molecule has 0 radical (unpaired) electrons. The number of carbonyl (C=O) groups excluding carboxylic acids is 1. The van der Waals surface area contributed by atoms with Crippen LogP contribution in [-0.4, -0.2) is 37.1 Å². The summed E-state index contributed by atoms with van der Waals surface area (Å²) in [5.41, 5.74) is 7.07. The smallest absolute Gasteiger partial charge is 0.255 e. The van der Waals surface area contributed by atoms with Gasteiger partial charge in [0.15, 0.2) is 0 Å². The molecule has 110 valence electrons. The Labute approximate surface area is 128 Å². The van der Waals surface area contributed by atoms with Gasteiger partial charge in [-0.2, -0.15) is 0 Å². The second-order valence-corrected chi connectivity index (χ2v) is 6.07. The van der Waals surface area contributed by atoms with Gasteiger partial charge in [0.1, 0.15) is 0 Å². The normalized spacial score (nSPS) is 15.9. The minimum atomic E-state index is 0.0145. The molecule has 1 unspecified atom stereocenters. The lowest BCUT2D eigenvalue weighted by molar-refractivity contribution is 0.0594. The topological polar surface area (TPSA) is 55.6 Å². The van der Waals surface area contributed by atoms with Gasteiger partial charge in [-0.25, -0.2) is 0 Å². The highest BCUT2D eigenvalue weighted by atomic mass is 79.9. The van der Waals surface area contributed by atoms with E-state index >= 15 is 0 Å². The van der Waals surface area contributed by atoms with Crippen molar-refractivity contribution in [3.05, 3.63) is 28.2 Å². The van der Waals surface area contributed by atoms with E-state index in [2.05, 4.69) is 22.9 Å². The van der Waals surface area contributed by atoms with Gasteiger partial charge in [-0.1, -0.05) is 6.07 Å². The zero-order valence-corrected chi connectivity index (χ0v) is 13.5. The van der Waals surface area contributed by atoms with Crippen molar-refractivity contribution in [2.75, 3.05) is 26.0 Å². The molecule has 1 aromatic carbocycles. The van der Waals surface area contributed by atoms with Crippen molar-refractivity contribution in [1.29, 1.82) is 0 Å². The molecule has 1 fully saturated rings. The quantitative estimate of drug-likeness (QED) is 0.810. The van der Waals surface area contributed by atoms with E-state index in [1.165, 1.54) is 12.8 Å². The Morgan fingerprint density at radius 2 is 2.25 bits per heavy atom. The molecule has 2 rings (SSSR count). The maximum atomic E-state index is 12.8. The van der Waals surface area contributed by atoms with Gasteiger partial charge < -0.3 is 15.4 Å². The number of halogens is 1. The number of rotatable bonds is 6. The summed E-state index contributed by atoms with van der Waals surface area (Å²) < 4.78 is 5.81. The highest BCUT2D eigenvalue weighted by molar-refractivity contribution is 9.10. The van der Waals surface area contributed by atoms with Gasteiger partial charge in [-0.15, -0.1) is 0 Å². The lowest BCUT2D eigenvalue weighted by atomic mass is 10.1. The second-order valence-electron chi connectivity index (χ2n) is 5.28. The average molecular weight is 341 g/mol. The number of hydrogen-bond donors (Lipinski definition) is 1. The molecule has 1 atom stereocenters. The molecule has 1 amide bonds. The van der Waals surface area contributed by atoms with Gasteiger partial charge in [-0.05, 0) is 53.7 Å². The van der Waals surface area contributed by atoms with Crippen molar-refractivity contribution in [3.63, 3.8) is 0 Å². The minimum Gasteiger partial charge on any atom is -0.398 e. The van der Waals surface area contributed by atoms with Crippen LogP contribution in [0.4, 0.5) is 5.69 Å². The molecule has 0 saturated heterocycles. The molecule has 0 aliphatic heterocycles. The summed E-state index contributed by atoms with van der Waals surface area (Å²) in [6, 6.07) is 5.64. The fraction of sp³-hybridized carbons (Fsp3) is 0.533. The van der Waals surface area contributed by atoms with E-state index in [0.29, 0.717) is 34.8 Å². The molecule has 0 heterocycles. The number of benzene rings is 1. The molecule has 1 saturated carbocycles. The lowest BCUT2D eigenvalue weighted by Crippen LogP contribution is -2.42. The second kappa shape index (κ2) is 6.59. The zero-order valence-electron chi connectivity index (χ0n) is 11.9. The molecule has 1 aromatic rings. The molecule has 4 nitrogen and oxygen atoms in total. The Morgan fingerprint density at radius 3 is 2.85 bits per heavy atom. The number of nitrogens with two attached hydrogens (primary N) is 1. The summed E-state index contributed by atoms with van der Waals surface area (Å²) in [5.74, 6) is 0.635. The van der Waals surface area contributed by atoms with Crippen molar-refractivity contribution in [1.82, 2.24) is 4.90 Å². The van der Waals surface area contributed by atoms with E-state index in [9.17, 15) is 4.79 Å². The third kappa shape index (κ3) is 3.33. The van der Waals surface area contributed by atoms with Crippen LogP contribution in [0, 0.1) is 5.92 Å². The molecule has 2 N–H and O–H groups in total. The average Bonchev–Trinajstić information content (AvgIpc) is 3.26. The first-order chi connectivity index (χ1) is 9.56. The maximum absolute atomic E-state index is 12.8. The Morgan fingerprint density at radius 1 is 1.55 bits per heavy atom. The van der Waals surface area contributed by atoms with Gasteiger partial charge in [0, 0.05) is 25.4 Å². The van der Waals surface area contributed by atoms with Crippen molar-refractivity contribution in [2.45, 2.75) is 25.8 Å². The van der Waals surface area contributed by atoms with Gasteiger partial charge in [0.2, 0.25) is 0 Å². The first-order valence-electron chi connectivity index (χ1n) is 6.90. The molecule has 1 aliphatic carbocycles. The largest absolute Gasteiger partial charge is 0.398 e. The third-order valence-corrected chi connectivity index (χ3v) is 4.74. The van der Waals surface area contributed by atoms with Crippen LogP contribution in [0.2, 0.25) is 0 Å². The number of hydrogen-bond acceptors (Lipinski definition) is 3.